The van der Waals surface area contributed by atoms with E-state index in [2.05, 4.69) is 45.3 Å². The summed E-state index contributed by atoms with van der Waals surface area (Å²) < 4.78 is 11.5. The Bertz CT molecular complexity index is 903. The van der Waals surface area contributed by atoms with Crippen molar-refractivity contribution >= 4 is 17.4 Å². The maximum atomic E-state index is 12.6. The van der Waals surface area contributed by atoms with Gasteiger partial charge in [-0.05, 0) is 39.2 Å². The highest BCUT2D eigenvalue weighted by Crippen LogP contribution is 2.32. The number of carbonyl (C=O) groups is 1. The van der Waals surface area contributed by atoms with Gasteiger partial charge in [-0.1, -0.05) is 0 Å². The number of allylic oxidation sites excluding steroid dienone is 1. The van der Waals surface area contributed by atoms with Crippen LogP contribution >= 0.6 is 0 Å². The molecule has 1 N–H and O–H groups in total. The van der Waals surface area contributed by atoms with Crippen LogP contribution in [0, 0.1) is 5.92 Å². The van der Waals surface area contributed by atoms with Gasteiger partial charge < -0.3 is 24.7 Å². The van der Waals surface area contributed by atoms with Crippen LogP contribution in [0.15, 0.2) is 29.3 Å². The van der Waals surface area contributed by atoms with Crippen molar-refractivity contribution in [1.82, 2.24) is 20.3 Å². The van der Waals surface area contributed by atoms with Gasteiger partial charge in [0.05, 0.1) is 29.3 Å². The first-order valence-electron chi connectivity index (χ1n) is 11.7. The standard InChI is InChI=1S/C23H32N6O3/c1-15(2)32-16-5-6-18-17(12-16)22(27-26-18)19-13-21(25-14-24-19)28-7-9-29(10-8-28)23(30)20-4-3-11-31-20/h5,13-15,17-18,20,26H,3-4,6-12H2,1-2H3/t17-,18?,20?/m0/s1. The Labute approximate surface area is 188 Å². The van der Waals surface area contributed by atoms with Crippen LogP contribution in [-0.4, -0.2) is 77.5 Å². The smallest absolute Gasteiger partial charge is 0.251 e. The van der Waals surface area contributed by atoms with E-state index < -0.39 is 0 Å². The lowest BCUT2D eigenvalue weighted by molar-refractivity contribution is -0.141. The molecule has 1 amide bonds. The number of amides is 1. The van der Waals surface area contributed by atoms with Gasteiger partial charge in [-0.3, -0.25) is 4.79 Å². The third-order valence-corrected chi connectivity index (χ3v) is 6.63. The van der Waals surface area contributed by atoms with Crippen molar-refractivity contribution in [2.24, 2.45) is 11.0 Å². The van der Waals surface area contributed by atoms with E-state index >= 15 is 0 Å². The number of piperazine rings is 1. The number of fused-ring (bicyclic) bond motifs is 1. The van der Waals surface area contributed by atoms with E-state index in [1.54, 1.807) is 6.33 Å². The van der Waals surface area contributed by atoms with Crippen LogP contribution in [0.1, 0.15) is 45.2 Å². The molecule has 3 atom stereocenters. The number of nitrogens with zero attached hydrogens (tertiary/aromatic N) is 5. The Balaban J connectivity index is 1.24. The Kier molecular flexibility index (Phi) is 5.99. The van der Waals surface area contributed by atoms with Gasteiger partial charge in [-0.2, -0.15) is 5.10 Å². The highest BCUT2D eigenvalue weighted by molar-refractivity contribution is 6.02. The van der Waals surface area contributed by atoms with Gasteiger partial charge in [0.2, 0.25) is 0 Å². The van der Waals surface area contributed by atoms with Crippen molar-refractivity contribution in [1.29, 1.82) is 0 Å². The highest BCUT2D eigenvalue weighted by atomic mass is 16.5. The summed E-state index contributed by atoms with van der Waals surface area (Å²) in [6.45, 7) is 7.68. The fourth-order valence-electron chi connectivity index (χ4n) is 4.97. The Hall–Kier alpha value is -2.68. The number of hydrazone groups is 1. The van der Waals surface area contributed by atoms with E-state index in [9.17, 15) is 4.79 Å². The molecule has 32 heavy (non-hydrogen) atoms. The third-order valence-electron chi connectivity index (χ3n) is 6.63. The number of hydrogen-bond donors (Lipinski definition) is 1. The molecule has 1 aromatic heterocycles. The summed E-state index contributed by atoms with van der Waals surface area (Å²) in [6.07, 6.45) is 7.26. The first-order chi connectivity index (χ1) is 15.6. The van der Waals surface area contributed by atoms with E-state index in [0.29, 0.717) is 19.7 Å². The molecule has 4 aliphatic rings. The van der Waals surface area contributed by atoms with Gasteiger partial charge in [-0.15, -0.1) is 0 Å². The summed E-state index contributed by atoms with van der Waals surface area (Å²) in [7, 11) is 0. The van der Waals surface area contributed by atoms with E-state index in [4.69, 9.17) is 9.47 Å². The molecule has 0 radical (unpaired) electrons. The van der Waals surface area contributed by atoms with Crippen LogP contribution in [0.5, 0.6) is 0 Å². The average Bonchev–Trinajstić information content (AvgIpc) is 3.49. The molecule has 0 saturated carbocycles. The summed E-state index contributed by atoms with van der Waals surface area (Å²) in [5.74, 6) is 2.31. The molecule has 5 rings (SSSR count). The molecule has 172 valence electrons. The van der Waals surface area contributed by atoms with Crippen molar-refractivity contribution < 1.29 is 14.3 Å². The van der Waals surface area contributed by atoms with Crippen molar-refractivity contribution in [3.63, 3.8) is 0 Å². The highest BCUT2D eigenvalue weighted by Gasteiger charge is 2.37. The van der Waals surface area contributed by atoms with Crippen LogP contribution < -0.4 is 10.3 Å². The molecule has 0 spiro atoms. The molecule has 0 bridgehead atoms. The second kappa shape index (κ2) is 9.05. The van der Waals surface area contributed by atoms with Gasteiger partial charge in [0.15, 0.2) is 0 Å². The summed E-state index contributed by atoms with van der Waals surface area (Å²) in [6, 6.07) is 2.32. The maximum Gasteiger partial charge on any atom is 0.251 e. The third kappa shape index (κ3) is 4.30. The van der Waals surface area contributed by atoms with Gasteiger partial charge in [0, 0.05) is 51.2 Å². The van der Waals surface area contributed by atoms with Crippen LogP contribution in [0.2, 0.25) is 0 Å². The van der Waals surface area contributed by atoms with Gasteiger partial charge in [-0.25, -0.2) is 9.97 Å². The zero-order chi connectivity index (χ0) is 22.1. The number of hydrogen-bond acceptors (Lipinski definition) is 8. The van der Waals surface area contributed by atoms with Gasteiger partial charge in [0.25, 0.3) is 5.91 Å². The van der Waals surface area contributed by atoms with E-state index in [0.717, 1.165) is 61.8 Å². The molecule has 2 saturated heterocycles. The lowest BCUT2D eigenvalue weighted by Crippen LogP contribution is -2.51. The number of rotatable bonds is 5. The summed E-state index contributed by atoms with van der Waals surface area (Å²) in [4.78, 5) is 25.8. The summed E-state index contributed by atoms with van der Waals surface area (Å²) in [5.41, 5.74) is 5.12. The molecule has 9 heteroatoms. The summed E-state index contributed by atoms with van der Waals surface area (Å²) >= 11 is 0. The second-order valence-electron chi connectivity index (χ2n) is 9.19. The van der Waals surface area contributed by atoms with Crippen LogP contribution in [0.3, 0.4) is 0 Å². The average molecular weight is 441 g/mol. The van der Waals surface area contributed by atoms with Crippen molar-refractivity contribution in [2.75, 3.05) is 37.7 Å². The summed E-state index contributed by atoms with van der Waals surface area (Å²) in [5, 5.41) is 4.63. The minimum atomic E-state index is -0.248. The molecule has 1 aliphatic carbocycles. The van der Waals surface area contributed by atoms with Crippen LogP contribution in [-0.2, 0) is 14.3 Å². The molecular weight excluding hydrogens is 408 g/mol. The zero-order valence-electron chi connectivity index (χ0n) is 18.9. The quantitative estimate of drug-likeness (QED) is 0.745. The van der Waals surface area contributed by atoms with Gasteiger partial charge >= 0.3 is 0 Å². The molecule has 4 heterocycles. The van der Waals surface area contributed by atoms with Crippen LogP contribution in [0.4, 0.5) is 5.82 Å². The predicted molar refractivity (Wildman–Crippen MR) is 120 cm³/mol. The Morgan fingerprint density at radius 3 is 2.84 bits per heavy atom. The second-order valence-corrected chi connectivity index (χ2v) is 9.19. The van der Waals surface area contributed by atoms with Gasteiger partial charge in [0.1, 0.15) is 18.2 Å². The molecule has 9 nitrogen and oxygen atoms in total. The first-order valence-corrected chi connectivity index (χ1v) is 11.7. The monoisotopic (exact) mass is 440 g/mol. The van der Waals surface area contributed by atoms with Crippen LogP contribution in [0.25, 0.3) is 0 Å². The van der Waals surface area contributed by atoms with E-state index in [1.165, 1.54) is 0 Å². The SMILES string of the molecule is CC(C)OC1=CCC2NN=C(c3cc(N4CCN(C(=O)C5CCCO5)CC4)ncn3)[C@H]2C1. The number of ether oxygens (including phenoxy) is 2. The maximum absolute atomic E-state index is 12.6. The Morgan fingerprint density at radius 1 is 1.25 bits per heavy atom. The molecular formula is C23H32N6O3. The molecule has 1 aromatic rings. The fourth-order valence-corrected chi connectivity index (χ4v) is 4.97. The lowest BCUT2D eigenvalue weighted by atomic mass is 9.84. The first kappa shape index (κ1) is 21.2. The van der Waals surface area contributed by atoms with Crippen molar-refractivity contribution in [3.05, 3.63) is 29.9 Å². The molecule has 0 aromatic carbocycles. The molecule has 3 aliphatic heterocycles. The minimum absolute atomic E-state index is 0.132. The van der Waals surface area contributed by atoms with E-state index in [-0.39, 0.29) is 30.1 Å². The topological polar surface area (TPSA) is 92.2 Å². The lowest BCUT2D eigenvalue weighted by Gasteiger charge is -2.36. The zero-order valence-corrected chi connectivity index (χ0v) is 18.9. The number of aromatic nitrogens is 2. The predicted octanol–water partition coefficient (Wildman–Crippen LogP) is 1.70. The minimum Gasteiger partial charge on any atom is -0.496 e. The number of anilines is 1. The van der Waals surface area contributed by atoms with E-state index in [1.807, 2.05) is 11.0 Å². The Morgan fingerprint density at radius 2 is 2.09 bits per heavy atom. The molecule has 2 fully saturated rings. The number of nitrogens with one attached hydrogen (secondary N) is 1. The fraction of sp³-hybridized carbons (Fsp3) is 0.652. The van der Waals surface area contributed by atoms with Crippen molar-refractivity contribution in [2.45, 2.75) is 57.8 Å². The molecule has 2 unspecified atom stereocenters. The van der Waals surface area contributed by atoms with Crippen molar-refractivity contribution in [3.8, 4) is 0 Å². The normalized spacial score (nSPS) is 27.7. The number of carbonyl (C=O) groups excluding carboxylic acids is 1. The largest absolute Gasteiger partial charge is 0.496 e.